The first kappa shape index (κ1) is 28.1. The fourth-order valence-corrected chi connectivity index (χ4v) is 5.05. The third-order valence-electron chi connectivity index (χ3n) is 6.77. The summed E-state index contributed by atoms with van der Waals surface area (Å²) in [7, 11) is 0. The van der Waals surface area contributed by atoms with E-state index < -0.39 is 24.0 Å². The highest BCUT2D eigenvalue weighted by atomic mass is 32.2. The van der Waals surface area contributed by atoms with Gasteiger partial charge in [0.2, 0.25) is 0 Å². The van der Waals surface area contributed by atoms with Crippen molar-refractivity contribution in [2.24, 2.45) is 0 Å². The zero-order chi connectivity index (χ0) is 27.8. The Morgan fingerprint density at radius 2 is 1.67 bits per heavy atom. The third kappa shape index (κ3) is 7.16. The lowest BCUT2D eigenvalue weighted by atomic mass is 9.93. The molecule has 2 atom stereocenters. The van der Waals surface area contributed by atoms with Crippen LogP contribution in [0.2, 0.25) is 0 Å². The topological polar surface area (TPSA) is 86.6 Å². The highest BCUT2D eigenvalue weighted by Crippen LogP contribution is 2.29. The number of carbonyl (C=O) groups is 2. The fraction of sp³-hybridized carbons (Fsp3) is 0.212. The van der Waals surface area contributed by atoms with Crippen molar-refractivity contribution in [2.75, 3.05) is 12.0 Å². The van der Waals surface area contributed by atoms with Gasteiger partial charge in [0.25, 0.3) is 5.91 Å². The van der Waals surface area contributed by atoms with Crippen molar-refractivity contribution in [3.05, 3.63) is 113 Å². The van der Waals surface area contributed by atoms with Crippen molar-refractivity contribution in [2.45, 2.75) is 31.9 Å². The third-order valence-corrected chi connectivity index (χ3v) is 7.41. The van der Waals surface area contributed by atoms with Crippen LogP contribution in [0.4, 0.5) is 0 Å². The number of aliphatic carboxylic acids is 1. The Labute approximate surface area is 233 Å². The SMILES string of the molecule is CSCC[C@H](NC(=O)c1ccc(C=CCC(O)c2ccc3ccccc3c2)cc1-c1ccccc1C)C(=O)O. The molecule has 0 fully saturated rings. The van der Waals surface area contributed by atoms with Crippen LogP contribution in [0.3, 0.4) is 0 Å². The van der Waals surface area contributed by atoms with Crippen LogP contribution in [-0.2, 0) is 4.79 Å². The monoisotopic (exact) mass is 539 g/mol. The fourth-order valence-electron chi connectivity index (χ4n) is 4.57. The Kier molecular flexibility index (Phi) is 9.58. The Morgan fingerprint density at radius 1 is 0.923 bits per heavy atom. The molecular formula is C33H33NO4S. The van der Waals surface area contributed by atoms with E-state index in [1.54, 1.807) is 17.8 Å². The number of amides is 1. The molecule has 5 nitrogen and oxygen atoms in total. The maximum atomic E-state index is 13.3. The normalized spacial score (nSPS) is 12.9. The lowest BCUT2D eigenvalue weighted by Crippen LogP contribution is -2.41. The Bertz CT molecular complexity index is 1500. The molecule has 4 aromatic rings. The van der Waals surface area contributed by atoms with Crippen LogP contribution < -0.4 is 5.32 Å². The maximum Gasteiger partial charge on any atom is 0.326 e. The number of carboxylic acid groups (broad SMARTS) is 1. The van der Waals surface area contributed by atoms with E-state index in [1.807, 2.05) is 104 Å². The molecule has 0 radical (unpaired) electrons. The van der Waals surface area contributed by atoms with Crippen LogP contribution in [0, 0.1) is 6.92 Å². The molecule has 0 saturated carbocycles. The van der Waals surface area contributed by atoms with Crippen molar-refractivity contribution in [1.29, 1.82) is 0 Å². The summed E-state index contributed by atoms with van der Waals surface area (Å²) in [5.41, 5.74) is 4.82. The number of thioether (sulfide) groups is 1. The van der Waals surface area contributed by atoms with E-state index >= 15 is 0 Å². The molecule has 0 spiro atoms. The van der Waals surface area contributed by atoms with Gasteiger partial charge in [-0.3, -0.25) is 4.79 Å². The largest absolute Gasteiger partial charge is 0.480 e. The number of aryl methyl sites for hydroxylation is 1. The number of hydrogen-bond donors (Lipinski definition) is 3. The van der Waals surface area contributed by atoms with Gasteiger partial charge in [0.15, 0.2) is 0 Å². The van der Waals surface area contributed by atoms with Gasteiger partial charge in [-0.1, -0.05) is 78.9 Å². The van der Waals surface area contributed by atoms with E-state index in [9.17, 15) is 19.8 Å². The number of carbonyl (C=O) groups excluding carboxylic acids is 1. The number of aliphatic hydroxyl groups is 1. The molecule has 0 aliphatic rings. The summed E-state index contributed by atoms with van der Waals surface area (Å²) in [5, 5.41) is 25.3. The van der Waals surface area contributed by atoms with Crippen molar-refractivity contribution >= 4 is 40.5 Å². The summed E-state index contributed by atoms with van der Waals surface area (Å²) in [5.74, 6) is -0.820. The smallest absolute Gasteiger partial charge is 0.326 e. The van der Waals surface area contributed by atoms with E-state index in [0.717, 1.165) is 38.6 Å². The van der Waals surface area contributed by atoms with Crippen LogP contribution in [0.25, 0.3) is 28.0 Å². The molecule has 4 rings (SSSR count). The molecule has 3 N–H and O–H groups in total. The minimum atomic E-state index is -1.04. The predicted octanol–water partition coefficient (Wildman–Crippen LogP) is 6.89. The summed E-state index contributed by atoms with van der Waals surface area (Å²) < 4.78 is 0. The van der Waals surface area contributed by atoms with E-state index in [4.69, 9.17) is 0 Å². The first-order valence-corrected chi connectivity index (χ1v) is 14.3. The van der Waals surface area contributed by atoms with Gasteiger partial charge in [-0.25, -0.2) is 4.79 Å². The van der Waals surface area contributed by atoms with Crippen LogP contribution in [0.5, 0.6) is 0 Å². The molecule has 0 bridgehead atoms. The molecular weight excluding hydrogens is 506 g/mol. The van der Waals surface area contributed by atoms with Gasteiger partial charge in [-0.05, 0) is 88.6 Å². The van der Waals surface area contributed by atoms with Crippen LogP contribution in [0.1, 0.15) is 46.0 Å². The highest BCUT2D eigenvalue weighted by molar-refractivity contribution is 7.98. The lowest BCUT2D eigenvalue weighted by molar-refractivity contribution is -0.139. The minimum Gasteiger partial charge on any atom is -0.480 e. The second-order valence-electron chi connectivity index (χ2n) is 9.53. The molecule has 4 aromatic carbocycles. The van der Waals surface area contributed by atoms with E-state index in [2.05, 4.69) is 5.32 Å². The molecule has 0 saturated heterocycles. The molecule has 0 aromatic heterocycles. The summed E-state index contributed by atoms with van der Waals surface area (Å²) in [6, 6.07) is 26.4. The van der Waals surface area contributed by atoms with Crippen molar-refractivity contribution < 1.29 is 19.8 Å². The first-order valence-electron chi connectivity index (χ1n) is 12.9. The van der Waals surface area contributed by atoms with E-state index in [0.29, 0.717) is 24.2 Å². The second kappa shape index (κ2) is 13.3. The van der Waals surface area contributed by atoms with Gasteiger partial charge >= 0.3 is 5.97 Å². The zero-order valence-corrected chi connectivity index (χ0v) is 22.9. The molecule has 39 heavy (non-hydrogen) atoms. The van der Waals surface area contributed by atoms with Crippen LogP contribution in [-0.4, -0.2) is 40.1 Å². The van der Waals surface area contributed by atoms with E-state index in [-0.39, 0.29) is 0 Å². The Hall–Kier alpha value is -3.87. The molecule has 200 valence electrons. The number of rotatable bonds is 11. The molecule has 1 unspecified atom stereocenters. The van der Waals surface area contributed by atoms with Gasteiger partial charge in [0, 0.05) is 5.56 Å². The number of aliphatic hydroxyl groups excluding tert-OH is 1. The Balaban J connectivity index is 1.57. The van der Waals surface area contributed by atoms with Gasteiger partial charge in [-0.15, -0.1) is 0 Å². The van der Waals surface area contributed by atoms with Crippen molar-refractivity contribution in [1.82, 2.24) is 5.32 Å². The van der Waals surface area contributed by atoms with Crippen LogP contribution in [0.15, 0.2) is 91.0 Å². The summed E-state index contributed by atoms with van der Waals surface area (Å²) in [6.07, 6.45) is 5.93. The molecule has 1 amide bonds. The highest BCUT2D eigenvalue weighted by Gasteiger charge is 2.22. The van der Waals surface area contributed by atoms with Gasteiger partial charge in [0.1, 0.15) is 6.04 Å². The van der Waals surface area contributed by atoms with Gasteiger partial charge < -0.3 is 15.5 Å². The van der Waals surface area contributed by atoms with E-state index in [1.165, 1.54) is 0 Å². The van der Waals surface area contributed by atoms with Crippen molar-refractivity contribution in [3.63, 3.8) is 0 Å². The standard InChI is InChI=1S/C33H33NO4S/c1-22-8-3-6-12-27(22)29-20-23(14-17-28(29)32(36)34-30(33(37)38)18-19-39-2)9-7-13-31(35)26-16-15-24-10-4-5-11-25(24)21-26/h3-12,14-17,20-21,30-31,35H,13,18-19H2,1-2H3,(H,34,36)(H,37,38)/t30-,31?/m0/s1. The summed E-state index contributed by atoms with van der Waals surface area (Å²) in [6.45, 7) is 1.98. The summed E-state index contributed by atoms with van der Waals surface area (Å²) in [4.78, 5) is 25.0. The number of benzene rings is 4. The van der Waals surface area contributed by atoms with Crippen molar-refractivity contribution in [3.8, 4) is 11.1 Å². The maximum absolute atomic E-state index is 13.3. The van der Waals surface area contributed by atoms with Gasteiger partial charge in [-0.2, -0.15) is 11.8 Å². The number of hydrogen-bond acceptors (Lipinski definition) is 4. The minimum absolute atomic E-state index is 0.349. The predicted molar refractivity (Wildman–Crippen MR) is 161 cm³/mol. The molecule has 0 aliphatic heterocycles. The van der Waals surface area contributed by atoms with Gasteiger partial charge in [0.05, 0.1) is 6.10 Å². The number of fused-ring (bicyclic) bond motifs is 1. The quantitative estimate of drug-likeness (QED) is 0.193. The molecule has 6 heteroatoms. The second-order valence-corrected chi connectivity index (χ2v) is 10.5. The lowest BCUT2D eigenvalue weighted by Gasteiger charge is -2.17. The summed E-state index contributed by atoms with van der Waals surface area (Å²) >= 11 is 1.54. The first-order chi connectivity index (χ1) is 18.9. The molecule has 0 heterocycles. The van der Waals surface area contributed by atoms with Crippen LogP contribution >= 0.6 is 11.8 Å². The average molecular weight is 540 g/mol. The zero-order valence-electron chi connectivity index (χ0n) is 22.1. The molecule has 0 aliphatic carbocycles. The average Bonchev–Trinajstić information content (AvgIpc) is 2.94. The Morgan fingerprint density at radius 3 is 2.41 bits per heavy atom. The number of nitrogens with one attached hydrogen (secondary N) is 1. The number of carboxylic acids is 1.